The minimum absolute atomic E-state index is 0.00758. The fourth-order valence-electron chi connectivity index (χ4n) is 15.3. The van der Waals surface area contributed by atoms with Crippen LogP contribution in [0.4, 0.5) is 0 Å². The Balaban J connectivity index is 0.747. The first kappa shape index (κ1) is 51.3. The lowest BCUT2D eigenvalue weighted by Gasteiger charge is -2.55. The van der Waals surface area contributed by atoms with E-state index in [1.54, 1.807) is 9.36 Å². The fourth-order valence-corrected chi connectivity index (χ4v) is 15.3. The largest absolute Gasteiger partial charge is 0.354 e. The van der Waals surface area contributed by atoms with E-state index in [2.05, 4.69) is 169 Å². The molecule has 75 heavy (non-hydrogen) atoms. The van der Waals surface area contributed by atoms with Crippen LogP contribution in [-0.4, -0.2) is 66.0 Å². The van der Waals surface area contributed by atoms with E-state index in [4.69, 9.17) is 11.8 Å². The molecule has 13 heteroatoms. The third-order valence-corrected chi connectivity index (χ3v) is 19.5. The van der Waals surface area contributed by atoms with Crippen LogP contribution in [0.1, 0.15) is 152 Å². The Morgan fingerprint density at radius 3 is 1.51 bits per heavy atom. The van der Waals surface area contributed by atoms with Crippen molar-refractivity contribution in [2.24, 2.45) is 22.7 Å². The Labute approximate surface area is 448 Å². The summed E-state index contributed by atoms with van der Waals surface area (Å²) in [5.41, 5.74) is 14.4. The maximum Gasteiger partial charge on any atom is 0.241 e. The molecule has 3 heterocycles. The number of carbonyl (C=O) groups is 2. The predicted octanol–water partition coefficient (Wildman–Crippen LogP) is 12.0. The monoisotopic (exact) mass is 1030 g/mol. The molecule has 3 N–H and O–H groups in total. The summed E-state index contributed by atoms with van der Waals surface area (Å²) in [6.45, 7) is 21.5. The second-order valence-electron chi connectivity index (χ2n) is 24.8. The average molecular weight is 1030 g/mol. The molecule has 2 unspecified atom stereocenters. The SMILES string of the molecule is CC(C)c1ccc2c(c1)CC[C@@H]1C2(C)CCC[C@@]1(C)CNC(=O)Cn1cc(-c2ccc3c4ccc(-c5cn(CC(=O)NC[C@]6(C)CCC[C@]7(C)c8ccc(C(C)C)cc8CCC67)nn5)cc4n(CCNCl)c3c2)nn1. The van der Waals surface area contributed by atoms with Gasteiger partial charge in [-0.25, -0.2) is 14.2 Å². The molecule has 12 nitrogen and oxygen atoms in total. The summed E-state index contributed by atoms with van der Waals surface area (Å²) in [7, 11) is 0. The van der Waals surface area contributed by atoms with Gasteiger partial charge in [-0.3, -0.25) is 9.59 Å². The van der Waals surface area contributed by atoms with Gasteiger partial charge in [-0.15, -0.1) is 10.2 Å². The number of carbonyl (C=O) groups excluding carboxylic acids is 2. The maximum absolute atomic E-state index is 13.6. The summed E-state index contributed by atoms with van der Waals surface area (Å²) >= 11 is 6.08. The molecule has 0 bridgehead atoms. The molecule has 4 aromatic carbocycles. The van der Waals surface area contributed by atoms with E-state index in [0.717, 1.165) is 84.3 Å². The van der Waals surface area contributed by atoms with Gasteiger partial charge in [0.1, 0.15) is 24.5 Å². The molecule has 394 valence electrons. The Kier molecular flexibility index (Phi) is 13.6. The maximum atomic E-state index is 13.6. The second-order valence-corrected chi connectivity index (χ2v) is 25.1. The number of hydrogen-bond donors (Lipinski definition) is 3. The van der Waals surface area contributed by atoms with Crippen molar-refractivity contribution in [2.45, 2.75) is 162 Å². The third-order valence-electron chi connectivity index (χ3n) is 19.3. The first-order valence-corrected chi connectivity index (χ1v) is 28.4. The van der Waals surface area contributed by atoms with E-state index in [-0.39, 0.29) is 46.6 Å². The Morgan fingerprint density at radius 2 is 1.08 bits per heavy atom. The summed E-state index contributed by atoms with van der Waals surface area (Å²) in [4.78, 5) is 30.1. The lowest BCUT2D eigenvalue weighted by atomic mass is 9.49. The first-order chi connectivity index (χ1) is 36.0. The summed E-state index contributed by atoms with van der Waals surface area (Å²) in [6.07, 6.45) is 15.1. The number of fused-ring (bicyclic) bond motifs is 9. The zero-order valence-corrected chi connectivity index (χ0v) is 46.3. The Morgan fingerprint density at radius 1 is 0.627 bits per heavy atom. The van der Waals surface area contributed by atoms with Gasteiger partial charge in [-0.05, 0) is 154 Å². The number of nitrogens with zero attached hydrogens (tertiary/aromatic N) is 7. The number of rotatable bonds is 15. The third kappa shape index (κ3) is 9.40. The van der Waals surface area contributed by atoms with Crippen LogP contribution in [0.2, 0.25) is 0 Å². The molecule has 0 aliphatic heterocycles. The fraction of sp³-hybridized carbons (Fsp3) is 0.516. The van der Waals surface area contributed by atoms with Crippen LogP contribution in [0.25, 0.3) is 44.3 Å². The van der Waals surface area contributed by atoms with E-state index < -0.39 is 0 Å². The number of hydrogen-bond acceptors (Lipinski definition) is 7. The molecular weight excluding hydrogens is 952 g/mol. The Hall–Kier alpha value is -5.85. The highest BCUT2D eigenvalue weighted by Crippen LogP contribution is 2.59. The molecule has 2 fully saturated rings. The normalized spacial score (nSPS) is 25.3. The molecule has 7 aromatic rings. The highest BCUT2D eigenvalue weighted by atomic mass is 35.5. The summed E-state index contributed by atoms with van der Waals surface area (Å²) in [6, 6.07) is 27.1. The molecule has 4 aliphatic carbocycles. The van der Waals surface area contributed by atoms with E-state index >= 15 is 0 Å². The van der Waals surface area contributed by atoms with Crippen molar-refractivity contribution >= 4 is 45.4 Å². The van der Waals surface area contributed by atoms with Crippen LogP contribution in [0.5, 0.6) is 0 Å². The van der Waals surface area contributed by atoms with Crippen LogP contribution in [0.15, 0.2) is 85.2 Å². The van der Waals surface area contributed by atoms with Gasteiger partial charge in [0, 0.05) is 59.1 Å². The Bertz CT molecular complexity index is 3090. The van der Waals surface area contributed by atoms with Crippen LogP contribution in [-0.2, 0) is 52.9 Å². The average Bonchev–Trinajstić information content (AvgIpc) is 4.15. The van der Waals surface area contributed by atoms with Crippen LogP contribution in [0, 0.1) is 22.7 Å². The number of benzene rings is 4. The molecule has 6 atom stereocenters. The lowest BCUT2D eigenvalue weighted by molar-refractivity contribution is -0.123. The minimum Gasteiger partial charge on any atom is -0.354 e. The summed E-state index contributed by atoms with van der Waals surface area (Å²) in [5, 5.41) is 26.8. The number of nitrogens with one attached hydrogen (secondary N) is 3. The number of amides is 2. The van der Waals surface area contributed by atoms with Gasteiger partial charge in [-0.2, -0.15) is 0 Å². The standard InChI is InChI=1S/C62H77ClN10O2/c1-39(2)41-13-19-49-43(29-41)15-21-55-59(5,23-9-25-61(49,55)7)37-64-57(74)35-71-33-51(67-69-71)45-11-17-47-48-18-12-46(32-54(48)73(28-27-66-63)53(47)31-45)52-34-72(70-68-52)36-58(75)65-38-60(6)24-10-26-62(8)50-20-14-42(40(3)4)30-44(50)16-22-56(60)62/h11-14,17-20,29-34,39-40,55-56,66H,9-10,15-16,21-28,35-38H2,1-8H3,(H,64,74)(H,65,75)/t55-,56?,59-,60-,61?,62+/m0/s1. The van der Waals surface area contributed by atoms with E-state index in [9.17, 15) is 9.59 Å². The molecular formula is C62H77ClN10O2. The molecule has 11 rings (SSSR count). The van der Waals surface area contributed by atoms with Crippen molar-refractivity contribution in [1.29, 1.82) is 0 Å². The van der Waals surface area contributed by atoms with Crippen molar-refractivity contribution in [3.05, 3.63) is 119 Å². The van der Waals surface area contributed by atoms with Crippen molar-refractivity contribution in [2.75, 3.05) is 19.6 Å². The van der Waals surface area contributed by atoms with Crippen molar-refractivity contribution in [1.82, 2.24) is 50.0 Å². The molecule has 2 saturated carbocycles. The molecule has 0 saturated heterocycles. The molecule has 2 amide bonds. The number of halogens is 1. The van der Waals surface area contributed by atoms with Gasteiger partial charge >= 0.3 is 0 Å². The lowest BCUT2D eigenvalue weighted by Crippen LogP contribution is -2.53. The zero-order chi connectivity index (χ0) is 52.4. The highest BCUT2D eigenvalue weighted by molar-refractivity contribution is 6.13. The second kappa shape index (κ2) is 19.9. The van der Waals surface area contributed by atoms with Gasteiger partial charge in [0.05, 0.1) is 12.4 Å². The van der Waals surface area contributed by atoms with Crippen LogP contribution < -0.4 is 15.5 Å². The van der Waals surface area contributed by atoms with Crippen LogP contribution in [0.3, 0.4) is 0 Å². The number of aromatic nitrogens is 7. The van der Waals surface area contributed by atoms with Crippen molar-refractivity contribution in [3.8, 4) is 22.5 Å². The quantitative estimate of drug-likeness (QED) is 0.0870. The molecule has 0 spiro atoms. The minimum atomic E-state index is -0.0520. The van der Waals surface area contributed by atoms with Gasteiger partial charge in [-0.1, -0.05) is 139 Å². The highest BCUT2D eigenvalue weighted by Gasteiger charge is 2.53. The zero-order valence-electron chi connectivity index (χ0n) is 45.5. The van der Waals surface area contributed by atoms with Crippen LogP contribution >= 0.6 is 11.8 Å². The molecule has 4 aliphatic rings. The summed E-state index contributed by atoms with van der Waals surface area (Å²) < 4.78 is 5.55. The first-order valence-electron chi connectivity index (χ1n) is 28.0. The van der Waals surface area contributed by atoms with E-state index in [1.807, 2.05) is 12.4 Å². The molecule has 3 aromatic heterocycles. The van der Waals surface area contributed by atoms with E-state index in [1.165, 1.54) is 46.2 Å². The van der Waals surface area contributed by atoms with Gasteiger partial charge < -0.3 is 15.2 Å². The topological polar surface area (TPSA) is 137 Å². The summed E-state index contributed by atoms with van der Waals surface area (Å²) in [5.74, 6) is 1.94. The predicted molar refractivity (Wildman–Crippen MR) is 301 cm³/mol. The van der Waals surface area contributed by atoms with Gasteiger partial charge in [0.2, 0.25) is 11.8 Å². The van der Waals surface area contributed by atoms with Gasteiger partial charge in [0.15, 0.2) is 0 Å². The molecule has 0 radical (unpaired) electrons. The number of aryl methyl sites for hydroxylation is 2. The van der Waals surface area contributed by atoms with E-state index in [0.29, 0.717) is 61.2 Å². The van der Waals surface area contributed by atoms with Gasteiger partial charge in [0.25, 0.3) is 0 Å². The smallest absolute Gasteiger partial charge is 0.241 e. The van der Waals surface area contributed by atoms with Crippen molar-refractivity contribution < 1.29 is 9.59 Å². The van der Waals surface area contributed by atoms with Crippen molar-refractivity contribution in [3.63, 3.8) is 0 Å².